The van der Waals surface area contributed by atoms with Gasteiger partial charge in [0, 0.05) is 36.2 Å². The summed E-state index contributed by atoms with van der Waals surface area (Å²) in [7, 11) is 0. The van der Waals surface area contributed by atoms with Gasteiger partial charge in [0.25, 0.3) is 0 Å². The number of carbonyl (C=O) groups excluding carboxylic acids is 1. The maximum atomic E-state index is 12.1. The van der Waals surface area contributed by atoms with Crippen molar-refractivity contribution in [3.8, 4) is 11.8 Å². The van der Waals surface area contributed by atoms with Crippen LogP contribution in [0.5, 0.6) is 11.8 Å². The van der Waals surface area contributed by atoms with E-state index in [-0.39, 0.29) is 6.03 Å². The van der Waals surface area contributed by atoms with Gasteiger partial charge in [0.15, 0.2) is 0 Å². The summed E-state index contributed by atoms with van der Waals surface area (Å²) in [4.78, 5) is 22.3. The van der Waals surface area contributed by atoms with E-state index in [0.717, 1.165) is 11.4 Å². The van der Waals surface area contributed by atoms with E-state index < -0.39 is 0 Å². The topological polar surface area (TPSA) is 67.4 Å². The molecule has 0 aliphatic heterocycles. The summed E-state index contributed by atoms with van der Waals surface area (Å²) in [5.41, 5.74) is 2.36. The molecule has 1 aromatic carbocycles. The molecule has 0 spiro atoms. The highest BCUT2D eigenvalue weighted by molar-refractivity contribution is 5.89. The number of aromatic nitrogens is 2. The predicted molar refractivity (Wildman–Crippen MR) is 90.0 cm³/mol. The molecule has 23 heavy (non-hydrogen) atoms. The third-order valence-electron chi connectivity index (χ3n) is 3.31. The van der Waals surface area contributed by atoms with Crippen LogP contribution in [0.25, 0.3) is 0 Å². The van der Waals surface area contributed by atoms with Gasteiger partial charge in [0.05, 0.1) is 0 Å². The molecule has 0 saturated heterocycles. The molecule has 0 fully saturated rings. The van der Waals surface area contributed by atoms with E-state index in [2.05, 4.69) is 15.3 Å². The molecule has 1 heterocycles. The lowest BCUT2D eigenvalue weighted by Gasteiger charge is -2.19. The molecule has 0 bridgehead atoms. The van der Waals surface area contributed by atoms with E-state index in [1.54, 1.807) is 17.0 Å². The van der Waals surface area contributed by atoms with E-state index >= 15 is 0 Å². The molecule has 6 heteroatoms. The molecule has 0 unspecified atom stereocenters. The predicted octanol–water partition coefficient (Wildman–Crippen LogP) is 3.76. The number of nitrogens with one attached hydrogen (secondary N) is 1. The van der Waals surface area contributed by atoms with Gasteiger partial charge in [-0.25, -0.2) is 14.8 Å². The van der Waals surface area contributed by atoms with Crippen LogP contribution >= 0.6 is 0 Å². The number of anilines is 1. The number of nitrogens with zero attached hydrogens (tertiary/aromatic N) is 3. The first-order valence-corrected chi connectivity index (χ1v) is 7.68. The normalized spacial score (nSPS) is 10.3. The Morgan fingerprint density at radius 1 is 1.13 bits per heavy atom. The smallest absolute Gasteiger partial charge is 0.322 e. The molecule has 0 aliphatic carbocycles. The number of hydrogen-bond acceptors (Lipinski definition) is 4. The van der Waals surface area contributed by atoms with E-state index in [0.29, 0.717) is 30.5 Å². The largest absolute Gasteiger partial charge is 0.424 e. The molecule has 2 rings (SSSR count). The summed E-state index contributed by atoms with van der Waals surface area (Å²) in [6.07, 6.45) is 0. The summed E-state index contributed by atoms with van der Waals surface area (Å²) in [5, 5.41) is 2.86. The number of benzene rings is 1. The van der Waals surface area contributed by atoms with Crippen LogP contribution in [-0.2, 0) is 0 Å². The van der Waals surface area contributed by atoms with Gasteiger partial charge in [0.2, 0.25) is 0 Å². The van der Waals surface area contributed by atoms with Crippen molar-refractivity contribution in [1.82, 2.24) is 14.9 Å². The number of ether oxygens (including phenoxy) is 1. The highest BCUT2D eigenvalue weighted by Gasteiger charge is 2.10. The van der Waals surface area contributed by atoms with E-state index in [4.69, 9.17) is 4.74 Å². The van der Waals surface area contributed by atoms with Crippen molar-refractivity contribution in [2.45, 2.75) is 27.7 Å². The number of amides is 2. The van der Waals surface area contributed by atoms with E-state index in [1.807, 2.05) is 45.9 Å². The lowest BCUT2D eigenvalue weighted by atomic mass is 10.3. The Morgan fingerprint density at radius 2 is 1.78 bits per heavy atom. The monoisotopic (exact) mass is 314 g/mol. The van der Waals surface area contributed by atoms with Crippen molar-refractivity contribution in [3.05, 3.63) is 41.7 Å². The number of urea groups is 1. The zero-order valence-corrected chi connectivity index (χ0v) is 14.0. The highest BCUT2D eigenvalue weighted by Crippen LogP contribution is 2.22. The third-order valence-corrected chi connectivity index (χ3v) is 3.31. The summed E-state index contributed by atoms with van der Waals surface area (Å²) in [5.74, 6) is 0.576. The molecule has 122 valence electrons. The minimum absolute atomic E-state index is 0.130. The van der Waals surface area contributed by atoms with Crippen molar-refractivity contribution in [3.63, 3.8) is 0 Å². The Hall–Kier alpha value is -2.63. The average Bonchev–Trinajstić information content (AvgIpc) is 2.47. The SMILES string of the molecule is CCN(CC)C(=O)Nc1cccc(Oc2nc(C)cc(C)n2)c1. The lowest BCUT2D eigenvalue weighted by Crippen LogP contribution is -2.34. The molecular formula is C17H22N4O2. The molecule has 0 aliphatic rings. The van der Waals surface area contributed by atoms with Crippen LogP contribution in [0, 0.1) is 13.8 Å². The van der Waals surface area contributed by atoms with Crippen LogP contribution in [0.3, 0.4) is 0 Å². The Labute approximate surface area is 136 Å². The van der Waals surface area contributed by atoms with Crippen LogP contribution < -0.4 is 10.1 Å². The minimum Gasteiger partial charge on any atom is -0.424 e. The highest BCUT2D eigenvalue weighted by atomic mass is 16.5. The summed E-state index contributed by atoms with van der Waals surface area (Å²) >= 11 is 0. The fraction of sp³-hybridized carbons (Fsp3) is 0.353. The van der Waals surface area contributed by atoms with Crippen molar-refractivity contribution in [1.29, 1.82) is 0 Å². The van der Waals surface area contributed by atoms with Gasteiger partial charge in [-0.15, -0.1) is 0 Å². The maximum absolute atomic E-state index is 12.1. The first-order chi connectivity index (χ1) is 11.0. The molecule has 0 atom stereocenters. The summed E-state index contributed by atoms with van der Waals surface area (Å²) in [6.45, 7) is 8.99. The molecule has 0 saturated carbocycles. The van der Waals surface area contributed by atoms with E-state index in [9.17, 15) is 4.79 Å². The second-order valence-electron chi connectivity index (χ2n) is 5.17. The van der Waals surface area contributed by atoms with Crippen LogP contribution in [0.15, 0.2) is 30.3 Å². The van der Waals surface area contributed by atoms with Crippen LogP contribution in [0.1, 0.15) is 25.2 Å². The van der Waals surface area contributed by atoms with Crippen molar-refractivity contribution in [2.75, 3.05) is 18.4 Å². The first kappa shape index (κ1) is 16.7. The number of hydrogen-bond donors (Lipinski definition) is 1. The Bertz CT molecular complexity index is 664. The first-order valence-electron chi connectivity index (χ1n) is 7.68. The van der Waals surface area contributed by atoms with Crippen molar-refractivity contribution in [2.24, 2.45) is 0 Å². The second kappa shape index (κ2) is 7.58. The lowest BCUT2D eigenvalue weighted by molar-refractivity contribution is 0.217. The molecular weight excluding hydrogens is 292 g/mol. The molecule has 2 amide bonds. The molecule has 1 aromatic heterocycles. The summed E-state index contributed by atoms with van der Waals surface area (Å²) in [6, 6.07) is 9.24. The van der Waals surface area contributed by atoms with Gasteiger partial charge in [-0.1, -0.05) is 6.07 Å². The zero-order chi connectivity index (χ0) is 16.8. The standard InChI is InChI=1S/C17H22N4O2/c1-5-21(6-2)17(22)20-14-8-7-9-15(11-14)23-16-18-12(3)10-13(4)19-16/h7-11H,5-6H2,1-4H3,(H,20,22). The van der Waals surface area contributed by atoms with Gasteiger partial charge in [0.1, 0.15) is 5.75 Å². The van der Waals surface area contributed by atoms with E-state index in [1.165, 1.54) is 0 Å². The van der Waals surface area contributed by atoms with Crippen molar-refractivity contribution < 1.29 is 9.53 Å². The fourth-order valence-corrected chi connectivity index (χ4v) is 2.20. The minimum atomic E-state index is -0.130. The summed E-state index contributed by atoms with van der Waals surface area (Å²) < 4.78 is 5.69. The third kappa shape index (κ3) is 4.67. The number of aryl methyl sites for hydroxylation is 2. The Kier molecular flexibility index (Phi) is 5.51. The second-order valence-corrected chi connectivity index (χ2v) is 5.17. The van der Waals surface area contributed by atoms with Gasteiger partial charge >= 0.3 is 12.0 Å². The van der Waals surface area contributed by atoms with Gasteiger partial charge in [-0.05, 0) is 45.9 Å². The number of rotatable bonds is 5. The molecule has 0 radical (unpaired) electrons. The molecule has 6 nitrogen and oxygen atoms in total. The maximum Gasteiger partial charge on any atom is 0.322 e. The van der Waals surface area contributed by atoms with Crippen LogP contribution in [0.4, 0.5) is 10.5 Å². The van der Waals surface area contributed by atoms with Crippen LogP contribution in [0.2, 0.25) is 0 Å². The Balaban J connectivity index is 2.12. The van der Waals surface area contributed by atoms with Gasteiger partial charge in [-0.2, -0.15) is 0 Å². The van der Waals surface area contributed by atoms with Crippen molar-refractivity contribution >= 4 is 11.7 Å². The molecule has 2 aromatic rings. The fourth-order valence-electron chi connectivity index (χ4n) is 2.20. The number of carbonyl (C=O) groups is 1. The van der Waals surface area contributed by atoms with Crippen LogP contribution in [-0.4, -0.2) is 34.0 Å². The van der Waals surface area contributed by atoms with Gasteiger partial charge in [-0.3, -0.25) is 0 Å². The Morgan fingerprint density at radius 3 is 2.39 bits per heavy atom. The zero-order valence-electron chi connectivity index (χ0n) is 14.0. The van der Waals surface area contributed by atoms with Gasteiger partial charge < -0.3 is 15.0 Å². The average molecular weight is 314 g/mol. The quantitative estimate of drug-likeness (QED) is 0.912. The molecule has 1 N–H and O–H groups in total.